The summed E-state index contributed by atoms with van der Waals surface area (Å²) in [6, 6.07) is 15.7. The first-order valence-electron chi connectivity index (χ1n) is 7.19. The molecule has 0 aromatic heterocycles. The molecule has 3 heteroatoms. The molecule has 0 unspecified atom stereocenters. The molecule has 2 aromatic rings. The van der Waals surface area contributed by atoms with E-state index in [0.29, 0.717) is 6.61 Å². The van der Waals surface area contributed by atoms with Gasteiger partial charge in [0.05, 0.1) is 0 Å². The minimum absolute atomic E-state index is 0.0717. The van der Waals surface area contributed by atoms with Crippen LogP contribution in [0.25, 0.3) is 0 Å². The summed E-state index contributed by atoms with van der Waals surface area (Å²) in [5, 5.41) is 0. The van der Waals surface area contributed by atoms with E-state index in [1.807, 2.05) is 55.5 Å². The van der Waals surface area contributed by atoms with Crippen molar-refractivity contribution in [3.8, 4) is 5.75 Å². The minimum atomic E-state index is -2.51. The second kappa shape index (κ2) is 5.47. The summed E-state index contributed by atoms with van der Waals surface area (Å²) in [6.07, 6.45) is -0.143. The first-order chi connectivity index (χ1) is 10.0. The highest BCUT2D eigenvalue weighted by Gasteiger charge is 2.46. The molecule has 0 radical (unpaired) electrons. The first-order valence-corrected chi connectivity index (χ1v) is 7.19. The SMILES string of the molecule is Cc1ccc(C2CC(F)(F)C2)c(OCc2ccccc2)c1. The van der Waals surface area contributed by atoms with Gasteiger partial charge in [-0.05, 0) is 35.6 Å². The molecular formula is C18H18F2O. The van der Waals surface area contributed by atoms with Crippen LogP contribution in [0.15, 0.2) is 48.5 Å². The highest BCUT2D eigenvalue weighted by molar-refractivity contribution is 5.41. The lowest BCUT2D eigenvalue weighted by molar-refractivity contribution is -0.0871. The third-order valence-corrected chi connectivity index (χ3v) is 3.94. The maximum absolute atomic E-state index is 13.1. The monoisotopic (exact) mass is 288 g/mol. The predicted octanol–water partition coefficient (Wildman–Crippen LogP) is 5.09. The Morgan fingerprint density at radius 3 is 2.48 bits per heavy atom. The maximum atomic E-state index is 13.1. The van der Waals surface area contributed by atoms with Crippen molar-refractivity contribution in [3.05, 3.63) is 65.2 Å². The number of ether oxygens (including phenoxy) is 1. The van der Waals surface area contributed by atoms with Gasteiger partial charge in [0.25, 0.3) is 0 Å². The summed E-state index contributed by atoms with van der Waals surface area (Å²) in [5.41, 5.74) is 3.05. The largest absolute Gasteiger partial charge is 0.489 e. The van der Waals surface area contributed by atoms with Crippen LogP contribution in [0.1, 0.15) is 35.4 Å². The van der Waals surface area contributed by atoms with E-state index >= 15 is 0 Å². The van der Waals surface area contributed by atoms with Gasteiger partial charge in [0.2, 0.25) is 5.92 Å². The predicted molar refractivity (Wildman–Crippen MR) is 78.9 cm³/mol. The standard InChI is InChI=1S/C18H18F2O/c1-13-7-8-16(15-10-18(19,20)11-15)17(9-13)21-12-14-5-3-2-4-6-14/h2-9,15H,10-12H2,1H3. The second-order valence-electron chi connectivity index (χ2n) is 5.78. The maximum Gasteiger partial charge on any atom is 0.249 e. The Kier molecular flexibility index (Phi) is 3.66. The van der Waals surface area contributed by atoms with E-state index in [1.165, 1.54) is 0 Å². The van der Waals surface area contributed by atoms with Crippen molar-refractivity contribution < 1.29 is 13.5 Å². The smallest absolute Gasteiger partial charge is 0.249 e. The molecule has 1 fully saturated rings. The topological polar surface area (TPSA) is 9.23 Å². The molecule has 110 valence electrons. The van der Waals surface area contributed by atoms with Crippen molar-refractivity contribution in [1.82, 2.24) is 0 Å². The van der Waals surface area contributed by atoms with Crippen molar-refractivity contribution in [3.63, 3.8) is 0 Å². The Hall–Kier alpha value is -1.90. The average Bonchev–Trinajstić information content (AvgIpc) is 2.44. The van der Waals surface area contributed by atoms with Gasteiger partial charge in [-0.3, -0.25) is 0 Å². The molecule has 3 rings (SSSR count). The Morgan fingerprint density at radius 1 is 1.10 bits per heavy atom. The normalized spacial score (nSPS) is 17.3. The molecule has 0 bridgehead atoms. The summed E-state index contributed by atoms with van der Waals surface area (Å²) in [4.78, 5) is 0. The van der Waals surface area contributed by atoms with Gasteiger partial charge in [-0.15, -0.1) is 0 Å². The van der Waals surface area contributed by atoms with Crippen molar-refractivity contribution in [2.45, 2.75) is 38.2 Å². The van der Waals surface area contributed by atoms with E-state index in [-0.39, 0.29) is 18.8 Å². The van der Waals surface area contributed by atoms with Crippen LogP contribution in [0.5, 0.6) is 5.75 Å². The lowest BCUT2D eigenvalue weighted by Crippen LogP contribution is -2.33. The van der Waals surface area contributed by atoms with Crippen LogP contribution in [0, 0.1) is 6.92 Å². The number of benzene rings is 2. The molecule has 2 aromatic carbocycles. The number of rotatable bonds is 4. The first kappa shape index (κ1) is 14.1. The van der Waals surface area contributed by atoms with E-state index in [0.717, 1.165) is 22.4 Å². The zero-order chi connectivity index (χ0) is 14.9. The zero-order valence-corrected chi connectivity index (χ0v) is 12.0. The van der Waals surface area contributed by atoms with E-state index in [1.54, 1.807) is 0 Å². The Morgan fingerprint density at radius 2 is 1.81 bits per heavy atom. The fourth-order valence-corrected chi connectivity index (χ4v) is 2.72. The molecule has 0 saturated heterocycles. The van der Waals surface area contributed by atoms with Gasteiger partial charge < -0.3 is 4.74 Å². The molecule has 21 heavy (non-hydrogen) atoms. The molecule has 0 N–H and O–H groups in total. The average molecular weight is 288 g/mol. The number of hydrogen-bond donors (Lipinski definition) is 0. The molecule has 0 atom stereocenters. The highest BCUT2D eigenvalue weighted by atomic mass is 19.3. The third-order valence-electron chi connectivity index (χ3n) is 3.94. The molecule has 1 aliphatic rings. The number of hydrogen-bond acceptors (Lipinski definition) is 1. The molecule has 1 aliphatic carbocycles. The van der Waals surface area contributed by atoms with Crippen LogP contribution in [0.4, 0.5) is 8.78 Å². The van der Waals surface area contributed by atoms with Gasteiger partial charge in [0.1, 0.15) is 12.4 Å². The van der Waals surface area contributed by atoms with E-state index < -0.39 is 5.92 Å². The summed E-state index contributed by atoms with van der Waals surface area (Å²) >= 11 is 0. The fourth-order valence-electron chi connectivity index (χ4n) is 2.72. The molecule has 0 amide bonds. The van der Waals surface area contributed by atoms with E-state index in [9.17, 15) is 8.78 Å². The molecular weight excluding hydrogens is 270 g/mol. The van der Waals surface area contributed by atoms with Gasteiger partial charge in [0, 0.05) is 12.8 Å². The lowest BCUT2D eigenvalue weighted by Gasteiger charge is -2.36. The zero-order valence-electron chi connectivity index (χ0n) is 12.0. The summed E-state index contributed by atoms with van der Waals surface area (Å²) in [5.74, 6) is -1.86. The quantitative estimate of drug-likeness (QED) is 0.761. The number of aryl methyl sites for hydroxylation is 1. The molecule has 1 saturated carbocycles. The van der Waals surface area contributed by atoms with Gasteiger partial charge >= 0.3 is 0 Å². The highest BCUT2D eigenvalue weighted by Crippen LogP contribution is 2.50. The van der Waals surface area contributed by atoms with Gasteiger partial charge in [0.15, 0.2) is 0 Å². The van der Waals surface area contributed by atoms with E-state index in [2.05, 4.69) is 0 Å². The summed E-state index contributed by atoms with van der Waals surface area (Å²) in [6.45, 7) is 2.44. The van der Waals surface area contributed by atoms with Crippen LogP contribution in [-0.4, -0.2) is 5.92 Å². The lowest BCUT2D eigenvalue weighted by atomic mass is 9.76. The van der Waals surface area contributed by atoms with E-state index in [4.69, 9.17) is 4.74 Å². The molecule has 1 nitrogen and oxygen atoms in total. The number of halogens is 2. The van der Waals surface area contributed by atoms with Crippen molar-refractivity contribution in [2.24, 2.45) is 0 Å². The molecule has 0 heterocycles. The Bertz CT molecular complexity index is 614. The fraction of sp³-hybridized carbons (Fsp3) is 0.333. The van der Waals surface area contributed by atoms with Crippen LogP contribution < -0.4 is 4.74 Å². The summed E-state index contributed by atoms with van der Waals surface area (Å²) < 4.78 is 32.1. The van der Waals surface area contributed by atoms with Crippen LogP contribution in [0.2, 0.25) is 0 Å². The Labute approximate surface area is 123 Å². The van der Waals surface area contributed by atoms with Gasteiger partial charge in [-0.1, -0.05) is 42.5 Å². The van der Waals surface area contributed by atoms with Crippen LogP contribution in [0.3, 0.4) is 0 Å². The van der Waals surface area contributed by atoms with Crippen molar-refractivity contribution >= 4 is 0 Å². The van der Waals surface area contributed by atoms with Crippen molar-refractivity contribution in [1.29, 1.82) is 0 Å². The molecule has 0 spiro atoms. The minimum Gasteiger partial charge on any atom is -0.489 e. The number of alkyl halides is 2. The molecule has 0 aliphatic heterocycles. The van der Waals surface area contributed by atoms with Gasteiger partial charge in [-0.25, -0.2) is 8.78 Å². The van der Waals surface area contributed by atoms with Crippen molar-refractivity contribution in [2.75, 3.05) is 0 Å². The Balaban J connectivity index is 1.76. The van der Waals surface area contributed by atoms with Gasteiger partial charge in [-0.2, -0.15) is 0 Å². The third kappa shape index (κ3) is 3.23. The van der Waals surface area contributed by atoms with Crippen LogP contribution in [-0.2, 0) is 6.61 Å². The summed E-state index contributed by atoms with van der Waals surface area (Å²) in [7, 11) is 0. The second-order valence-corrected chi connectivity index (χ2v) is 5.78. The van der Waals surface area contributed by atoms with Crippen LogP contribution >= 0.6 is 0 Å².